The average molecular weight is 359 g/mol. The van der Waals surface area contributed by atoms with Gasteiger partial charge in [0.1, 0.15) is 0 Å². The highest BCUT2D eigenvalue weighted by atomic mass is 127. The Hall–Kier alpha value is -0.990. The SMILES string of the molecule is CN=C(N)NCc1ccc(C(F)(F)F)cc1.I. The van der Waals surface area contributed by atoms with E-state index in [0.717, 1.165) is 12.1 Å². The molecule has 3 N–H and O–H groups in total. The van der Waals surface area contributed by atoms with Crippen molar-refractivity contribution < 1.29 is 13.2 Å². The molecule has 0 radical (unpaired) electrons. The van der Waals surface area contributed by atoms with Gasteiger partial charge in [0.15, 0.2) is 5.96 Å². The van der Waals surface area contributed by atoms with Crippen LogP contribution >= 0.6 is 24.0 Å². The molecule has 1 aromatic carbocycles. The van der Waals surface area contributed by atoms with Crippen molar-refractivity contribution in [1.29, 1.82) is 0 Å². The van der Waals surface area contributed by atoms with Crippen LogP contribution in [0.1, 0.15) is 11.1 Å². The fourth-order valence-electron chi connectivity index (χ4n) is 1.08. The average Bonchev–Trinajstić information content (AvgIpc) is 2.25. The Morgan fingerprint density at radius 2 is 1.82 bits per heavy atom. The third-order valence-corrected chi connectivity index (χ3v) is 2.00. The van der Waals surface area contributed by atoms with E-state index in [9.17, 15) is 13.2 Å². The zero-order valence-corrected chi connectivity index (χ0v) is 11.4. The van der Waals surface area contributed by atoms with Gasteiger partial charge >= 0.3 is 6.18 Å². The van der Waals surface area contributed by atoms with Gasteiger partial charge in [0.25, 0.3) is 0 Å². The van der Waals surface area contributed by atoms with Gasteiger partial charge in [-0.3, -0.25) is 4.99 Å². The van der Waals surface area contributed by atoms with Crippen LogP contribution in [-0.4, -0.2) is 13.0 Å². The van der Waals surface area contributed by atoms with Crippen molar-refractivity contribution in [3.63, 3.8) is 0 Å². The molecule has 0 bridgehead atoms. The number of hydrogen-bond acceptors (Lipinski definition) is 1. The molecule has 1 rings (SSSR count). The van der Waals surface area contributed by atoms with E-state index in [1.165, 1.54) is 19.2 Å². The van der Waals surface area contributed by atoms with Crippen molar-refractivity contribution in [2.45, 2.75) is 12.7 Å². The fourth-order valence-corrected chi connectivity index (χ4v) is 1.08. The lowest BCUT2D eigenvalue weighted by Gasteiger charge is -2.08. The summed E-state index contributed by atoms with van der Waals surface area (Å²) in [5, 5.41) is 2.75. The Morgan fingerprint density at radius 1 is 1.29 bits per heavy atom. The summed E-state index contributed by atoms with van der Waals surface area (Å²) in [7, 11) is 1.52. The highest BCUT2D eigenvalue weighted by Crippen LogP contribution is 2.28. The summed E-state index contributed by atoms with van der Waals surface area (Å²) in [4.78, 5) is 3.66. The van der Waals surface area contributed by atoms with Crippen LogP contribution in [0.2, 0.25) is 0 Å². The van der Waals surface area contributed by atoms with E-state index in [-0.39, 0.29) is 29.9 Å². The van der Waals surface area contributed by atoms with E-state index in [0.29, 0.717) is 12.1 Å². The molecule has 0 atom stereocenters. The highest BCUT2D eigenvalue weighted by Gasteiger charge is 2.29. The molecule has 0 aliphatic heterocycles. The zero-order valence-electron chi connectivity index (χ0n) is 9.08. The zero-order chi connectivity index (χ0) is 12.2. The van der Waals surface area contributed by atoms with Crippen molar-refractivity contribution in [3.8, 4) is 0 Å². The fraction of sp³-hybridized carbons (Fsp3) is 0.300. The summed E-state index contributed by atoms with van der Waals surface area (Å²) in [5.74, 6) is 0.250. The first-order valence-corrected chi connectivity index (χ1v) is 4.55. The van der Waals surface area contributed by atoms with Gasteiger partial charge < -0.3 is 11.1 Å². The third kappa shape index (κ3) is 5.24. The van der Waals surface area contributed by atoms with E-state index < -0.39 is 11.7 Å². The number of nitrogens with one attached hydrogen (secondary N) is 1. The van der Waals surface area contributed by atoms with Gasteiger partial charge in [0, 0.05) is 13.6 Å². The number of aliphatic imine (C=N–C) groups is 1. The van der Waals surface area contributed by atoms with E-state index in [1.807, 2.05) is 0 Å². The summed E-state index contributed by atoms with van der Waals surface area (Å²) in [6, 6.07) is 4.88. The van der Waals surface area contributed by atoms with Gasteiger partial charge in [-0.25, -0.2) is 0 Å². The summed E-state index contributed by atoms with van der Waals surface area (Å²) >= 11 is 0. The maximum absolute atomic E-state index is 12.2. The minimum Gasteiger partial charge on any atom is -0.370 e. The van der Waals surface area contributed by atoms with E-state index in [2.05, 4.69) is 10.3 Å². The maximum Gasteiger partial charge on any atom is 0.416 e. The van der Waals surface area contributed by atoms with Crippen LogP contribution < -0.4 is 11.1 Å². The number of benzene rings is 1. The molecule has 0 saturated heterocycles. The predicted molar refractivity (Wildman–Crippen MR) is 71.2 cm³/mol. The molecular formula is C10H13F3IN3. The molecule has 0 saturated carbocycles. The first-order valence-electron chi connectivity index (χ1n) is 4.55. The molecule has 0 heterocycles. The van der Waals surface area contributed by atoms with Crippen molar-refractivity contribution >= 4 is 29.9 Å². The van der Waals surface area contributed by atoms with Crippen molar-refractivity contribution in [3.05, 3.63) is 35.4 Å². The molecule has 0 aliphatic carbocycles. The minimum absolute atomic E-state index is 0. The predicted octanol–water partition coefficient (Wildman–Crippen LogP) is 2.36. The molecule has 0 aromatic heterocycles. The van der Waals surface area contributed by atoms with Gasteiger partial charge in [-0.15, -0.1) is 24.0 Å². The molecule has 0 aliphatic rings. The van der Waals surface area contributed by atoms with Gasteiger partial charge in [0.05, 0.1) is 5.56 Å². The number of guanidine groups is 1. The molecular weight excluding hydrogens is 346 g/mol. The van der Waals surface area contributed by atoms with Crippen molar-refractivity contribution in [2.75, 3.05) is 7.05 Å². The molecule has 7 heteroatoms. The van der Waals surface area contributed by atoms with E-state index in [4.69, 9.17) is 5.73 Å². The van der Waals surface area contributed by atoms with Gasteiger partial charge in [-0.2, -0.15) is 13.2 Å². The molecule has 0 unspecified atom stereocenters. The highest BCUT2D eigenvalue weighted by molar-refractivity contribution is 14.0. The van der Waals surface area contributed by atoms with Crippen LogP contribution in [0.3, 0.4) is 0 Å². The number of halogens is 4. The van der Waals surface area contributed by atoms with E-state index in [1.54, 1.807) is 0 Å². The summed E-state index contributed by atoms with van der Waals surface area (Å²) in [6.45, 7) is 0.349. The van der Waals surface area contributed by atoms with Crippen LogP contribution in [0.25, 0.3) is 0 Å². The Labute approximate surface area is 114 Å². The second kappa shape index (κ2) is 6.67. The largest absolute Gasteiger partial charge is 0.416 e. The van der Waals surface area contributed by atoms with Gasteiger partial charge in [0.2, 0.25) is 0 Å². The summed E-state index contributed by atoms with van der Waals surface area (Å²) < 4.78 is 36.7. The van der Waals surface area contributed by atoms with Crippen LogP contribution in [0, 0.1) is 0 Å². The molecule has 17 heavy (non-hydrogen) atoms. The second-order valence-corrected chi connectivity index (χ2v) is 3.16. The van der Waals surface area contributed by atoms with Crippen molar-refractivity contribution in [2.24, 2.45) is 10.7 Å². The van der Waals surface area contributed by atoms with E-state index >= 15 is 0 Å². The molecule has 96 valence electrons. The van der Waals surface area contributed by atoms with Crippen LogP contribution in [0.5, 0.6) is 0 Å². The number of alkyl halides is 3. The monoisotopic (exact) mass is 359 g/mol. The van der Waals surface area contributed by atoms with Crippen molar-refractivity contribution in [1.82, 2.24) is 5.32 Å². The lowest BCUT2D eigenvalue weighted by atomic mass is 10.1. The molecule has 1 aromatic rings. The maximum atomic E-state index is 12.2. The number of hydrogen-bond donors (Lipinski definition) is 2. The first kappa shape index (κ1) is 16.0. The standard InChI is InChI=1S/C10H12F3N3.HI/c1-15-9(14)16-6-7-2-4-8(5-3-7)10(11,12)13;/h2-5H,6H2,1H3,(H3,14,15,16);1H. The topological polar surface area (TPSA) is 50.4 Å². The van der Waals surface area contributed by atoms with Crippen LogP contribution in [0.4, 0.5) is 13.2 Å². The lowest BCUT2D eigenvalue weighted by molar-refractivity contribution is -0.137. The Morgan fingerprint density at radius 3 is 2.24 bits per heavy atom. The molecule has 0 spiro atoms. The van der Waals surface area contributed by atoms with Gasteiger partial charge in [-0.1, -0.05) is 12.1 Å². The third-order valence-electron chi connectivity index (χ3n) is 2.00. The minimum atomic E-state index is -4.30. The molecule has 0 fully saturated rings. The number of nitrogens with two attached hydrogens (primary N) is 1. The number of nitrogens with zero attached hydrogens (tertiary/aromatic N) is 1. The normalized spacial score (nSPS) is 11.9. The Kier molecular flexibility index (Phi) is 6.29. The summed E-state index contributed by atoms with van der Waals surface area (Å²) in [6.07, 6.45) is -4.30. The Bertz CT molecular complexity index is 373. The summed E-state index contributed by atoms with van der Waals surface area (Å²) in [5.41, 5.74) is 5.43. The lowest BCUT2D eigenvalue weighted by Crippen LogP contribution is -2.30. The quantitative estimate of drug-likeness (QED) is 0.484. The molecule has 3 nitrogen and oxygen atoms in total. The smallest absolute Gasteiger partial charge is 0.370 e. The van der Waals surface area contributed by atoms with Crippen LogP contribution in [0.15, 0.2) is 29.3 Å². The van der Waals surface area contributed by atoms with Crippen LogP contribution in [-0.2, 0) is 12.7 Å². The number of rotatable bonds is 2. The Balaban J connectivity index is 0.00000256. The second-order valence-electron chi connectivity index (χ2n) is 3.16. The first-order chi connectivity index (χ1) is 7.43. The molecule has 0 amide bonds. The van der Waals surface area contributed by atoms with Gasteiger partial charge in [-0.05, 0) is 17.7 Å².